The van der Waals surface area contributed by atoms with Gasteiger partial charge in [0.25, 0.3) is 0 Å². The summed E-state index contributed by atoms with van der Waals surface area (Å²) in [6.07, 6.45) is 0. The Balaban J connectivity index is 2.42. The van der Waals surface area contributed by atoms with Crippen molar-refractivity contribution in [2.45, 2.75) is 12.5 Å². The van der Waals surface area contributed by atoms with Crippen molar-refractivity contribution in [2.75, 3.05) is 5.32 Å². The van der Waals surface area contributed by atoms with Gasteiger partial charge in [-0.2, -0.15) is 0 Å². The van der Waals surface area contributed by atoms with Crippen LogP contribution in [0, 0.1) is 17.5 Å². The van der Waals surface area contributed by atoms with E-state index in [0.29, 0.717) is 5.69 Å². The number of nitrogens with one attached hydrogen (secondary N) is 1. The highest BCUT2D eigenvalue weighted by Gasteiger charge is 2.35. The Labute approximate surface area is 119 Å². The van der Waals surface area contributed by atoms with Gasteiger partial charge < -0.3 is 10.4 Å². The van der Waals surface area contributed by atoms with Gasteiger partial charge >= 0.3 is 5.97 Å². The van der Waals surface area contributed by atoms with Gasteiger partial charge in [-0.15, -0.1) is 0 Å². The van der Waals surface area contributed by atoms with Crippen LogP contribution in [0.5, 0.6) is 0 Å². The van der Waals surface area contributed by atoms with E-state index in [1.807, 2.05) is 0 Å². The first-order valence-electron chi connectivity index (χ1n) is 6.05. The number of anilines is 1. The van der Waals surface area contributed by atoms with Crippen LogP contribution in [-0.4, -0.2) is 11.1 Å². The topological polar surface area (TPSA) is 49.3 Å². The number of rotatable bonds is 4. The molecule has 0 aliphatic rings. The Hall–Kier alpha value is -2.50. The van der Waals surface area contributed by atoms with E-state index in [1.165, 1.54) is 25.1 Å². The van der Waals surface area contributed by atoms with Gasteiger partial charge in [0, 0.05) is 5.69 Å². The molecule has 0 spiro atoms. The fraction of sp³-hybridized carbons (Fsp3) is 0.133. The summed E-state index contributed by atoms with van der Waals surface area (Å²) in [5, 5.41) is 12.1. The molecule has 110 valence electrons. The molecule has 0 aromatic heterocycles. The number of hydrogen-bond donors (Lipinski definition) is 2. The zero-order valence-corrected chi connectivity index (χ0v) is 11.0. The monoisotopic (exact) mass is 295 g/mol. The molecule has 0 amide bonds. The minimum absolute atomic E-state index is 0.0400. The zero-order valence-electron chi connectivity index (χ0n) is 11.0. The zero-order chi connectivity index (χ0) is 15.6. The average Bonchev–Trinajstić information content (AvgIpc) is 2.44. The van der Waals surface area contributed by atoms with Crippen LogP contribution < -0.4 is 5.32 Å². The second-order valence-electron chi connectivity index (χ2n) is 4.69. The number of halogens is 3. The Morgan fingerprint density at radius 1 is 1.05 bits per heavy atom. The molecule has 1 unspecified atom stereocenters. The highest BCUT2D eigenvalue weighted by atomic mass is 19.2. The van der Waals surface area contributed by atoms with Gasteiger partial charge in [0.2, 0.25) is 0 Å². The molecule has 0 fully saturated rings. The second-order valence-corrected chi connectivity index (χ2v) is 4.69. The van der Waals surface area contributed by atoms with Crippen molar-refractivity contribution >= 4 is 11.7 Å². The molecule has 2 aromatic rings. The van der Waals surface area contributed by atoms with Crippen LogP contribution in [0.25, 0.3) is 0 Å². The predicted octanol–water partition coefficient (Wildman–Crippen LogP) is 3.52. The summed E-state index contributed by atoms with van der Waals surface area (Å²) < 4.78 is 39.2. The number of carboxylic acids is 1. The third-order valence-corrected chi connectivity index (χ3v) is 3.16. The standard InChI is InChI=1S/C15H12F3NO2/c1-15(14(20)21,9-2-7-12(17)13(18)8-9)19-11-5-3-10(16)4-6-11/h2-8,19H,1H3,(H,20,21). The van der Waals surface area contributed by atoms with Crippen molar-refractivity contribution < 1.29 is 23.1 Å². The smallest absolute Gasteiger partial charge is 0.333 e. The molecule has 21 heavy (non-hydrogen) atoms. The lowest BCUT2D eigenvalue weighted by Crippen LogP contribution is -2.40. The molecular weight excluding hydrogens is 283 g/mol. The van der Waals surface area contributed by atoms with Crippen molar-refractivity contribution in [3.63, 3.8) is 0 Å². The van der Waals surface area contributed by atoms with Crippen molar-refractivity contribution in [2.24, 2.45) is 0 Å². The van der Waals surface area contributed by atoms with E-state index >= 15 is 0 Å². The van der Waals surface area contributed by atoms with Crippen LogP contribution in [-0.2, 0) is 10.3 Å². The Kier molecular flexibility index (Phi) is 3.88. The quantitative estimate of drug-likeness (QED) is 0.907. The second kappa shape index (κ2) is 5.47. The van der Waals surface area contributed by atoms with Gasteiger partial charge in [0.05, 0.1) is 0 Å². The number of benzene rings is 2. The van der Waals surface area contributed by atoms with Crippen LogP contribution in [0.15, 0.2) is 42.5 Å². The lowest BCUT2D eigenvalue weighted by atomic mass is 9.91. The number of hydrogen-bond acceptors (Lipinski definition) is 2. The first-order valence-corrected chi connectivity index (χ1v) is 6.05. The van der Waals surface area contributed by atoms with Gasteiger partial charge in [-0.05, 0) is 48.9 Å². The van der Waals surface area contributed by atoms with Crippen LogP contribution in [0.1, 0.15) is 12.5 Å². The first-order chi connectivity index (χ1) is 9.83. The molecule has 0 saturated carbocycles. The average molecular weight is 295 g/mol. The van der Waals surface area contributed by atoms with Gasteiger partial charge in [-0.25, -0.2) is 18.0 Å². The van der Waals surface area contributed by atoms with Gasteiger partial charge in [-0.3, -0.25) is 0 Å². The molecule has 3 nitrogen and oxygen atoms in total. The molecule has 0 bridgehead atoms. The van der Waals surface area contributed by atoms with E-state index in [9.17, 15) is 23.1 Å². The van der Waals surface area contributed by atoms with E-state index in [2.05, 4.69) is 5.32 Å². The van der Waals surface area contributed by atoms with Crippen molar-refractivity contribution in [3.05, 3.63) is 65.5 Å². The normalized spacial score (nSPS) is 13.5. The number of aliphatic carboxylic acids is 1. The third kappa shape index (κ3) is 2.99. The minimum Gasteiger partial charge on any atom is -0.479 e. The Bertz CT molecular complexity index is 673. The highest BCUT2D eigenvalue weighted by Crippen LogP contribution is 2.28. The third-order valence-electron chi connectivity index (χ3n) is 3.16. The Morgan fingerprint density at radius 3 is 2.19 bits per heavy atom. The number of carboxylic acid groups (broad SMARTS) is 1. The Morgan fingerprint density at radius 2 is 1.67 bits per heavy atom. The molecule has 2 N–H and O–H groups in total. The molecular formula is C15H12F3NO2. The first kappa shape index (κ1) is 14.9. The maximum absolute atomic E-state index is 13.3. The maximum Gasteiger partial charge on any atom is 0.333 e. The van der Waals surface area contributed by atoms with E-state index in [4.69, 9.17) is 0 Å². The maximum atomic E-state index is 13.3. The number of carbonyl (C=O) groups is 1. The molecule has 2 rings (SSSR count). The van der Waals surface area contributed by atoms with E-state index in [1.54, 1.807) is 0 Å². The molecule has 1 atom stereocenters. The van der Waals surface area contributed by atoms with E-state index in [-0.39, 0.29) is 5.56 Å². The summed E-state index contributed by atoms with van der Waals surface area (Å²) in [5.74, 6) is -3.95. The summed E-state index contributed by atoms with van der Waals surface area (Å²) in [7, 11) is 0. The minimum atomic E-state index is -1.69. The summed E-state index contributed by atoms with van der Waals surface area (Å²) in [4.78, 5) is 11.5. The summed E-state index contributed by atoms with van der Waals surface area (Å²) >= 11 is 0. The van der Waals surface area contributed by atoms with Gasteiger partial charge in [-0.1, -0.05) is 6.07 Å². The van der Waals surface area contributed by atoms with Crippen molar-refractivity contribution in [1.29, 1.82) is 0 Å². The van der Waals surface area contributed by atoms with E-state index in [0.717, 1.165) is 24.3 Å². The highest BCUT2D eigenvalue weighted by molar-refractivity contribution is 5.84. The molecule has 6 heteroatoms. The fourth-order valence-corrected chi connectivity index (χ4v) is 1.88. The van der Waals surface area contributed by atoms with Crippen LogP contribution in [0.4, 0.5) is 18.9 Å². The van der Waals surface area contributed by atoms with Crippen molar-refractivity contribution in [1.82, 2.24) is 0 Å². The van der Waals surface area contributed by atoms with Crippen molar-refractivity contribution in [3.8, 4) is 0 Å². The van der Waals surface area contributed by atoms with Crippen LogP contribution >= 0.6 is 0 Å². The lowest BCUT2D eigenvalue weighted by molar-refractivity contribution is -0.142. The fourth-order valence-electron chi connectivity index (χ4n) is 1.88. The molecule has 0 saturated heterocycles. The van der Waals surface area contributed by atoms with Crippen LogP contribution in [0.2, 0.25) is 0 Å². The predicted molar refractivity (Wildman–Crippen MR) is 71.4 cm³/mol. The molecule has 0 aliphatic heterocycles. The molecule has 2 aromatic carbocycles. The molecule has 0 radical (unpaired) electrons. The largest absolute Gasteiger partial charge is 0.479 e. The summed E-state index contributed by atoms with van der Waals surface area (Å²) in [6, 6.07) is 7.90. The van der Waals surface area contributed by atoms with Gasteiger partial charge in [0.15, 0.2) is 17.2 Å². The van der Waals surface area contributed by atoms with E-state index < -0.39 is 29.0 Å². The molecule has 0 aliphatic carbocycles. The lowest BCUT2D eigenvalue weighted by Gasteiger charge is -2.28. The summed E-state index contributed by atoms with van der Waals surface area (Å²) in [6.45, 7) is 1.31. The summed E-state index contributed by atoms with van der Waals surface area (Å²) in [5.41, 5.74) is -1.31. The molecule has 0 heterocycles. The SMILES string of the molecule is CC(Nc1ccc(F)cc1)(C(=O)O)c1ccc(F)c(F)c1. The van der Waals surface area contributed by atoms with Gasteiger partial charge in [0.1, 0.15) is 5.82 Å². The van der Waals surface area contributed by atoms with Crippen LogP contribution in [0.3, 0.4) is 0 Å².